The number of benzene rings is 1. The second-order valence-electron chi connectivity index (χ2n) is 8.55. The number of rotatable bonds is 8. The topological polar surface area (TPSA) is 87.7 Å². The number of aryl methyl sites for hydroxylation is 1. The minimum atomic E-state index is -0.849. The highest BCUT2D eigenvalue weighted by Crippen LogP contribution is 2.26. The number of nitrogens with zero attached hydrogens (tertiary/aromatic N) is 1. The van der Waals surface area contributed by atoms with Crippen molar-refractivity contribution in [3.63, 3.8) is 0 Å². The van der Waals surface area contributed by atoms with Gasteiger partial charge in [-0.25, -0.2) is 4.79 Å². The molecule has 0 spiro atoms. The Morgan fingerprint density at radius 2 is 1.83 bits per heavy atom. The van der Waals surface area contributed by atoms with E-state index in [9.17, 15) is 14.4 Å². The standard InChI is InChI=1S/C23H35N3O4/c1-9-13-26(19(27)14-24-22(29)30-23(6,7)8)20(21(28)25-15(2)3)18-12-10-11-16(4)17(18)5/h9-12,15,20H,1,13-14H2,2-8H3,(H,24,29)(H,25,28). The van der Waals surface area contributed by atoms with Crippen LogP contribution in [0.1, 0.15) is 57.4 Å². The highest BCUT2D eigenvalue weighted by atomic mass is 16.6. The predicted octanol–water partition coefficient (Wildman–Crippen LogP) is 3.41. The Bertz CT molecular complexity index is 781. The van der Waals surface area contributed by atoms with Crippen molar-refractivity contribution >= 4 is 17.9 Å². The van der Waals surface area contributed by atoms with E-state index in [0.29, 0.717) is 0 Å². The van der Waals surface area contributed by atoms with Gasteiger partial charge in [-0.05, 0) is 65.2 Å². The van der Waals surface area contributed by atoms with Gasteiger partial charge in [-0.1, -0.05) is 24.3 Å². The summed E-state index contributed by atoms with van der Waals surface area (Å²) < 4.78 is 5.19. The first-order chi connectivity index (χ1) is 13.9. The first-order valence-corrected chi connectivity index (χ1v) is 10.1. The summed E-state index contributed by atoms with van der Waals surface area (Å²) in [5, 5.41) is 5.37. The molecular weight excluding hydrogens is 382 g/mol. The first kappa shape index (κ1) is 25.2. The van der Waals surface area contributed by atoms with Crippen molar-refractivity contribution in [3.05, 3.63) is 47.5 Å². The van der Waals surface area contributed by atoms with E-state index in [1.165, 1.54) is 4.90 Å². The van der Waals surface area contributed by atoms with Gasteiger partial charge in [0.1, 0.15) is 18.2 Å². The van der Waals surface area contributed by atoms with Crippen LogP contribution >= 0.6 is 0 Å². The van der Waals surface area contributed by atoms with Crippen LogP contribution in [0.5, 0.6) is 0 Å². The number of ether oxygens (including phenoxy) is 1. The first-order valence-electron chi connectivity index (χ1n) is 10.1. The van der Waals surface area contributed by atoms with E-state index < -0.39 is 23.6 Å². The van der Waals surface area contributed by atoms with Crippen molar-refractivity contribution in [1.29, 1.82) is 0 Å². The molecule has 0 saturated carbocycles. The van der Waals surface area contributed by atoms with Gasteiger partial charge in [-0.2, -0.15) is 0 Å². The molecule has 1 aromatic rings. The maximum atomic E-state index is 13.1. The maximum Gasteiger partial charge on any atom is 0.408 e. The fourth-order valence-corrected chi connectivity index (χ4v) is 2.94. The van der Waals surface area contributed by atoms with Crippen molar-refractivity contribution in [2.24, 2.45) is 0 Å². The monoisotopic (exact) mass is 417 g/mol. The number of hydrogen-bond donors (Lipinski definition) is 2. The molecule has 1 atom stereocenters. The predicted molar refractivity (Wildman–Crippen MR) is 118 cm³/mol. The molecule has 0 saturated heterocycles. The molecule has 3 amide bonds. The number of alkyl carbamates (subject to hydrolysis) is 1. The number of nitrogens with one attached hydrogen (secondary N) is 2. The van der Waals surface area contributed by atoms with Gasteiger partial charge in [0.2, 0.25) is 11.8 Å². The Balaban J connectivity index is 3.22. The molecule has 0 aliphatic rings. The third kappa shape index (κ3) is 7.54. The summed E-state index contributed by atoms with van der Waals surface area (Å²) >= 11 is 0. The van der Waals surface area contributed by atoms with E-state index in [-0.39, 0.29) is 25.0 Å². The largest absolute Gasteiger partial charge is 0.444 e. The van der Waals surface area contributed by atoms with Crippen LogP contribution < -0.4 is 10.6 Å². The third-order valence-electron chi connectivity index (χ3n) is 4.36. The van der Waals surface area contributed by atoms with Crippen LogP contribution in [0, 0.1) is 13.8 Å². The molecule has 0 aromatic heterocycles. The molecule has 166 valence electrons. The molecule has 1 unspecified atom stereocenters. The van der Waals surface area contributed by atoms with Gasteiger partial charge in [-0.3, -0.25) is 9.59 Å². The molecule has 1 aromatic carbocycles. The molecule has 0 aliphatic heterocycles. The average Bonchev–Trinajstić information content (AvgIpc) is 2.60. The van der Waals surface area contributed by atoms with Gasteiger partial charge in [0.15, 0.2) is 0 Å². The fourth-order valence-electron chi connectivity index (χ4n) is 2.94. The normalized spacial score (nSPS) is 12.1. The van der Waals surface area contributed by atoms with Gasteiger partial charge in [0.25, 0.3) is 0 Å². The molecule has 1 rings (SSSR count). The zero-order valence-electron chi connectivity index (χ0n) is 19.2. The summed E-state index contributed by atoms with van der Waals surface area (Å²) in [5.41, 5.74) is 2.02. The smallest absolute Gasteiger partial charge is 0.408 e. The lowest BCUT2D eigenvalue weighted by molar-refractivity contribution is -0.139. The summed E-state index contributed by atoms with van der Waals surface area (Å²) in [6, 6.07) is 4.73. The molecule has 7 heteroatoms. The zero-order chi connectivity index (χ0) is 23.1. The molecule has 7 nitrogen and oxygen atoms in total. The van der Waals surface area contributed by atoms with Crippen LogP contribution in [-0.4, -0.2) is 47.5 Å². The van der Waals surface area contributed by atoms with E-state index in [2.05, 4.69) is 17.2 Å². The Morgan fingerprint density at radius 1 is 1.20 bits per heavy atom. The molecule has 0 radical (unpaired) electrons. The lowest BCUT2D eigenvalue weighted by Crippen LogP contribution is -2.49. The van der Waals surface area contributed by atoms with E-state index in [0.717, 1.165) is 16.7 Å². The second-order valence-corrected chi connectivity index (χ2v) is 8.55. The quantitative estimate of drug-likeness (QED) is 0.635. The van der Waals surface area contributed by atoms with Crippen LogP contribution in [0.2, 0.25) is 0 Å². The summed E-state index contributed by atoms with van der Waals surface area (Å²) in [4.78, 5) is 39.5. The minimum Gasteiger partial charge on any atom is -0.444 e. The van der Waals surface area contributed by atoms with E-state index in [1.54, 1.807) is 26.8 Å². The van der Waals surface area contributed by atoms with Crippen molar-refractivity contribution in [3.8, 4) is 0 Å². The Labute approximate surface area is 179 Å². The van der Waals surface area contributed by atoms with Gasteiger partial charge >= 0.3 is 6.09 Å². The summed E-state index contributed by atoms with van der Waals surface area (Å²) in [7, 11) is 0. The molecule has 0 heterocycles. The van der Waals surface area contributed by atoms with E-state index >= 15 is 0 Å². The Kier molecular flexibility index (Phi) is 9.08. The van der Waals surface area contributed by atoms with Crippen LogP contribution in [0.25, 0.3) is 0 Å². The summed E-state index contributed by atoms with van der Waals surface area (Å²) in [5.74, 6) is -0.697. The number of amides is 3. The molecule has 2 N–H and O–H groups in total. The summed E-state index contributed by atoms with van der Waals surface area (Å²) in [6.07, 6.45) is 0.871. The fraction of sp³-hybridized carbons (Fsp3) is 0.522. The van der Waals surface area contributed by atoms with Gasteiger partial charge < -0.3 is 20.3 Å². The SMILES string of the molecule is C=CCN(C(=O)CNC(=O)OC(C)(C)C)C(C(=O)NC(C)C)c1cccc(C)c1C. The summed E-state index contributed by atoms with van der Waals surface area (Å²) in [6.45, 7) is 16.4. The Morgan fingerprint density at radius 3 is 2.37 bits per heavy atom. The highest BCUT2D eigenvalue weighted by Gasteiger charge is 2.32. The van der Waals surface area contributed by atoms with Crippen molar-refractivity contribution in [2.75, 3.05) is 13.1 Å². The van der Waals surface area contributed by atoms with Crippen LogP contribution in [0.4, 0.5) is 4.79 Å². The van der Waals surface area contributed by atoms with Crippen LogP contribution in [-0.2, 0) is 14.3 Å². The third-order valence-corrected chi connectivity index (χ3v) is 4.36. The number of hydrogen-bond acceptors (Lipinski definition) is 4. The highest BCUT2D eigenvalue weighted by molar-refractivity contribution is 5.91. The molecular formula is C23H35N3O4. The van der Waals surface area contributed by atoms with E-state index in [4.69, 9.17) is 4.74 Å². The second kappa shape index (κ2) is 10.8. The molecule has 0 bridgehead atoms. The maximum absolute atomic E-state index is 13.1. The van der Waals surface area contributed by atoms with Gasteiger partial charge in [0.05, 0.1) is 0 Å². The van der Waals surface area contributed by atoms with E-state index in [1.807, 2.05) is 45.9 Å². The van der Waals surface area contributed by atoms with Crippen molar-refractivity contribution in [1.82, 2.24) is 15.5 Å². The van der Waals surface area contributed by atoms with Crippen LogP contribution in [0.15, 0.2) is 30.9 Å². The average molecular weight is 418 g/mol. The van der Waals surface area contributed by atoms with Gasteiger partial charge in [-0.15, -0.1) is 6.58 Å². The van der Waals surface area contributed by atoms with Crippen LogP contribution in [0.3, 0.4) is 0 Å². The number of carbonyl (C=O) groups is 3. The molecule has 0 aliphatic carbocycles. The Hall–Kier alpha value is -2.83. The lowest BCUT2D eigenvalue weighted by atomic mass is 9.95. The van der Waals surface area contributed by atoms with Gasteiger partial charge in [0, 0.05) is 12.6 Å². The van der Waals surface area contributed by atoms with Crippen molar-refractivity contribution < 1.29 is 19.1 Å². The molecule has 30 heavy (non-hydrogen) atoms. The minimum absolute atomic E-state index is 0.0920. The van der Waals surface area contributed by atoms with Crippen molar-refractivity contribution in [2.45, 2.75) is 66.2 Å². The zero-order valence-corrected chi connectivity index (χ0v) is 19.2. The lowest BCUT2D eigenvalue weighted by Gasteiger charge is -2.32. The molecule has 0 fully saturated rings. The number of carbonyl (C=O) groups excluding carboxylic acids is 3.